The summed E-state index contributed by atoms with van der Waals surface area (Å²) in [5.41, 5.74) is 1.19. The molecule has 88 valence electrons. The van der Waals surface area contributed by atoms with Crippen LogP contribution >= 0.6 is 0 Å². The molecule has 3 nitrogen and oxygen atoms in total. The highest BCUT2D eigenvalue weighted by Gasteiger charge is 2.16. The van der Waals surface area contributed by atoms with Crippen molar-refractivity contribution in [2.45, 2.75) is 25.4 Å². The molecule has 1 aromatic heterocycles. The van der Waals surface area contributed by atoms with E-state index < -0.39 is 0 Å². The zero-order chi connectivity index (χ0) is 11.5. The van der Waals surface area contributed by atoms with E-state index in [9.17, 15) is 0 Å². The third-order valence-corrected chi connectivity index (χ3v) is 3.33. The van der Waals surface area contributed by atoms with E-state index in [4.69, 9.17) is 0 Å². The summed E-state index contributed by atoms with van der Waals surface area (Å²) >= 11 is 0. The normalized spacial score (nSPS) is 19.6. The molecule has 17 heavy (non-hydrogen) atoms. The van der Waals surface area contributed by atoms with Gasteiger partial charge < -0.3 is 9.88 Å². The average Bonchev–Trinajstić information content (AvgIpc) is 3.02. The Labute approximate surface area is 101 Å². The van der Waals surface area contributed by atoms with Crippen molar-refractivity contribution < 1.29 is 0 Å². The molecule has 0 saturated carbocycles. The highest BCUT2D eigenvalue weighted by Crippen LogP contribution is 2.18. The number of nitrogens with one attached hydrogen (secondary N) is 1. The number of hydrogen-bond donors (Lipinski definition) is 1. The molecule has 1 aliphatic heterocycles. The van der Waals surface area contributed by atoms with Crippen molar-refractivity contribution in [3.05, 3.63) is 42.7 Å². The highest BCUT2D eigenvalue weighted by atomic mass is 15.1. The predicted molar refractivity (Wildman–Crippen MR) is 68.7 cm³/mol. The first-order valence-electron chi connectivity index (χ1n) is 6.23. The Bertz CT molecular complexity index is 469. The number of imidazole rings is 1. The highest BCUT2D eigenvalue weighted by molar-refractivity contribution is 5.55. The molecule has 0 spiro atoms. The molecule has 3 rings (SSSR count). The van der Waals surface area contributed by atoms with Crippen LogP contribution in [-0.4, -0.2) is 22.1 Å². The molecular formula is C14H17N3. The average molecular weight is 227 g/mol. The van der Waals surface area contributed by atoms with Gasteiger partial charge in [-0.3, -0.25) is 0 Å². The Hall–Kier alpha value is -1.61. The van der Waals surface area contributed by atoms with E-state index >= 15 is 0 Å². The van der Waals surface area contributed by atoms with Gasteiger partial charge >= 0.3 is 0 Å². The van der Waals surface area contributed by atoms with Gasteiger partial charge in [-0.2, -0.15) is 0 Å². The van der Waals surface area contributed by atoms with E-state index in [-0.39, 0.29) is 0 Å². The number of benzene rings is 1. The van der Waals surface area contributed by atoms with Crippen molar-refractivity contribution >= 4 is 0 Å². The molecule has 1 aliphatic rings. The lowest BCUT2D eigenvalue weighted by molar-refractivity contribution is 0.512. The maximum Gasteiger partial charge on any atom is 0.139 e. The van der Waals surface area contributed by atoms with Crippen molar-refractivity contribution in [1.29, 1.82) is 0 Å². The summed E-state index contributed by atoms with van der Waals surface area (Å²) in [7, 11) is 0. The standard InChI is InChI=1S/C14H17N3/c1-2-5-12(6-3-1)14-16-9-10-17(14)11-13-7-4-8-15-13/h1-3,5-6,9-10,13,15H,4,7-8,11H2/t13-/m1/s1. The summed E-state index contributed by atoms with van der Waals surface area (Å²) in [4.78, 5) is 4.46. The fourth-order valence-electron chi connectivity index (χ4n) is 2.45. The van der Waals surface area contributed by atoms with Crippen molar-refractivity contribution in [1.82, 2.24) is 14.9 Å². The fourth-order valence-corrected chi connectivity index (χ4v) is 2.45. The maximum atomic E-state index is 4.46. The molecule has 3 heteroatoms. The summed E-state index contributed by atoms with van der Waals surface area (Å²) in [6.07, 6.45) is 6.52. The van der Waals surface area contributed by atoms with Gasteiger partial charge in [0.1, 0.15) is 5.82 Å². The van der Waals surface area contributed by atoms with Crippen LogP contribution in [0.3, 0.4) is 0 Å². The first-order chi connectivity index (χ1) is 8.43. The summed E-state index contributed by atoms with van der Waals surface area (Å²) < 4.78 is 2.25. The smallest absolute Gasteiger partial charge is 0.139 e. The summed E-state index contributed by atoms with van der Waals surface area (Å²) in [5, 5.41) is 3.52. The molecule has 0 radical (unpaired) electrons. The molecule has 1 atom stereocenters. The van der Waals surface area contributed by atoms with Crippen LogP contribution in [0, 0.1) is 0 Å². The second-order valence-electron chi connectivity index (χ2n) is 4.56. The van der Waals surface area contributed by atoms with E-state index in [0.29, 0.717) is 6.04 Å². The minimum absolute atomic E-state index is 0.603. The lowest BCUT2D eigenvalue weighted by atomic mass is 10.2. The molecular weight excluding hydrogens is 210 g/mol. The van der Waals surface area contributed by atoms with Gasteiger partial charge in [-0.15, -0.1) is 0 Å². The van der Waals surface area contributed by atoms with Gasteiger partial charge in [0, 0.05) is 30.5 Å². The minimum Gasteiger partial charge on any atom is -0.329 e. The fraction of sp³-hybridized carbons (Fsp3) is 0.357. The van der Waals surface area contributed by atoms with Crippen molar-refractivity contribution in [2.75, 3.05) is 6.54 Å². The van der Waals surface area contributed by atoms with Crippen LogP contribution in [0.15, 0.2) is 42.7 Å². The number of nitrogens with zero attached hydrogens (tertiary/aromatic N) is 2. The third-order valence-electron chi connectivity index (χ3n) is 3.33. The summed E-state index contributed by atoms with van der Waals surface area (Å²) in [6.45, 7) is 2.17. The second-order valence-corrected chi connectivity index (χ2v) is 4.56. The van der Waals surface area contributed by atoms with Gasteiger partial charge in [0.05, 0.1) is 0 Å². The second kappa shape index (κ2) is 4.72. The predicted octanol–water partition coefficient (Wildman–Crippen LogP) is 2.30. The SMILES string of the molecule is c1ccc(-c2nccn2C[C@H]2CCCN2)cc1. The molecule has 0 amide bonds. The van der Waals surface area contributed by atoms with Crippen LogP contribution in [0.1, 0.15) is 12.8 Å². The summed E-state index contributed by atoms with van der Waals surface area (Å²) in [6, 6.07) is 11.0. The minimum atomic E-state index is 0.603. The molecule has 2 aromatic rings. The van der Waals surface area contributed by atoms with Gasteiger partial charge in [0.2, 0.25) is 0 Å². The Balaban J connectivity index is 1.84. The lowest BCUT2D eigenvalue weighted by Gasteiger charge is -2.13. The van der Waals surface area contributed by atoms with E-state index in [1.807, 2.05) is 12.3 Å². The number of hydrogen-bond acceptors (Lipinski definition) is 2. The van der Waals surface area contributed by atoms with E-state index in [0.717, 1.165) is 18.9 Å². The molecule has 2 heterocycles. The topological polar surface area (TPSA) is 29.9 Å². The largest absolute Gasteiger partial charge is 0.329 e. The van der Waals surface area contributed by atoms with Crippen molar-refractivity contribution in [2.24, 2.45) is 0 Å². The van der Waals surface area contributed by atoms with Crippen LogP contribution in [0.4, 0.5) is 0 Å². The Morgan fingerprint density at radius 3 is 2.94 bits per heavy atom. The zero-order valence-corrected chi connectivity index (χ0v) is 9.84. The Morgan fingerprint density at radius 1 is 1.29 bits per heavy atom. The first kappa shape index (κ1) is 10.5. The molecule has 1 saturated heterocycles. The van der Waals surface area contributed by atoms with E-state index in [1.54, 1.807) is 0 Å². The van der Waals surface area contributed by atoms with Crippen LogP contribution < -0.4 is 5.32 Å². The maximum absolute atomic E-state index is 4.46. The van der Waals surface area contributed by atoms with E-state index in [1.165, 1.54) is 18.4 Å². The molecule has 0 aliphatic carbocycles. The quantitative estimate of drug-likeness (QED) is 0.872. The third kappa shape index (κ3) is 2.24. The Morgan fingerprint density at radius 2 is 2.18 bits per heavy atom. The molecule has 1 aromatic carbocycles. The molecule has 1 fully saturated rings. The van der Waals surface area contributed by atoms with E-state index in [2.05, 4.69) is 45.3 Å². The monoisotopic (exact) mass is 227 g/mol. The van der Waals surface area contributed by atoms with Crippen LogP contribution in [0.25, 0.3) is 11.4 Å². The van der Waals surface area contributed by atoms with Crippen LogP contribution in [-0.2, 0) is 6.54 Å². The zero-order valence-electron chi connectivity index (χ0n) is 9.84. The van der Waals surface area contributed by atoms with Gasteiger partial charge in [0.15, 0.2) is 0 Å². The first-order valence-corrected chi connectivity index (χ1v) is 6.23. The van der Waals surface area contributed by atoms with Gasteiger partial charge in [-0.1, -0.05) is 30.3 Å². The Kier molecular flexibility index (Phi) is 2.92. The number of aromatic nitrogens is 2. The lowest BCUT2D eigenvalue weighted by Crippen LogP contribution is -2.26. The molecule has 0 bridgehead atoms. The van der Waals surface area contributed by atoms with Crippen LogP contribution in [0.5, 0.6) is 0 Å². The summed E-state index contributed by atoms with van der Waals surface area (Å²) in [5.74, 6) is 1.07. The molecule has 0 unspecified atom stereocenters. The van der Waals surface area contributed by atoms with Gasteiger partial charge in [-0.05, 0) is 19.4 Å². The number of rotatable bonds is 3. The van der Waals surface area contributed by atoms with Crippen LogP contribution in [0.2, 0.25) is 0 Å². The van der Waals surface area contributed by atoms with Crippen molar-refractivity contribution in [3.8, 4) is 11.4 Å². The van der Waals surface area contributed by atoms with Gasteiger partial charge in [-0.25, -0.2) is 4.98 Å². The molecule has 1 N–H and O–H groups in total. The van der Waals surface area contributed by atoms with Crippen molar-refractivity contribution in [3.63, 3.8) is 0 Å². The van der Waals surface area contributed by atoms with Gasteiger partial charge in [0.25, 0.3) is 0 Å².